The SMILES string of the molecule is CCc1cc(NC(=O)CP(=O)(c2ccccc2)c2ccccc2)cc(C)c1C. The molecule has 144 valence electrons. The first-order valence-electron chi connectivity index (χ1n) is 9.54. The lowest BCUT2D eigenvalue weighted by Crippen LogP contribution is -2.26. The van der Waals surface area contributed by atoms with Crippen LogP contribution in [0.1, 0.15) is 23.6 Å². The summed E-state index contributed by atoms with van der Waals surface area (Å²) in [6.07, 6.45) is 0.846. The first-order chi connectivity index (χ1) is 13.4. The number of rotatable bonds is 6. The lowest BCUT2D eigenvalue weighted by molar-refractivity contribution is -0.113. The fourth-order valence-corrected chi connectivity index (χ4v) is 5.90. The van der Waals surface area contributed by atoms with E-state index in [2.05, 4.69) is 19.2 Å². The molecular formula is C24H26NO2P. The van der Waals surface area contributed by atoms with E-state index < -0.39 is 7.14 Å². The molecule has 0 saturated carbocycles. The molecule has 0 heterocycles. The van der Waals surface area contributed by atoms with Gasteiger partial charge in [-0.1, -0.05) is 67.6 Å². The van der Waals surface area contributed by atoms with Crippen LogP contribution in [0.2, 0.25) is 0 Å². The van der Waals surface area contributed by atoms with Crippen LogP contribution in [0.15, 0.2) is 72.8 Å². The zero-order valence-electron chi connectivity index (χ0n) is 16.6. The van der Waals surface area contributed by atoms with E-state index in [-0.39, 0.29) is 12.1 Å². The molecule has 0 fully saturated rings. The van der Waals surface area contributed by atoms with Gasteiger partial charge in [-0.15, -0.1) is 0 Å². The lowest BCUT2D eigenvalue weighted by Gasteiger charge is -2.19. The Balaban J connectivity index is 1.91. The number of nitrogens with one attached hydrogen (secondary N) is 1. The molecule has 0 atom stereocenters. The van der Waals surface area contributed by atoms with Gasteiger partial charge in [-0.25, -0.2) is 0 Å². The topological polar surface area (TPSA) is 46.2 Å². The summed E-state index contributed by atoms with van der Waals surface area (Å²) in [5, 5.41) is 4.37. The third kappa shape index (κ3) is 4.26. The fraction of sp³-hybridized carbons (Fsp3) is 0.208. The van der Waals surface area contributed by atoms with Gasteiger partial charge in [-0.2, -0.15) is 0 Å². The number of carbonyl (C=O) groups is 1. The van der Waals surface area contributed by atoms with Crippen molar-refractivity contribution in [1.29, 1.82) is 0 Å². The number of hydrogen-bond acceptors (Lipinski definition) is 2. The molecule has 0 spiro atoms. The molecule has 0 aromatic heterocycles. The molecule has 3 aromatic rings. The molecule has 0 aliphatic heterocycles. The maximum atomic E-state index is 14.0. The Hall–Kier alpha value is -2.64. The molecule has 28 heavy (non-hydrogen) atoms. The second-order valence-electron chi connectivity index (χ2n) is 7.05. The minimum atomic E-state index is -3.07. The van der Waals surface area contributed by atoms with Gasteiger partial charge >= 0.3 is 0 Å². The van der Waals surface area contributed by atoms with Gasteiger partial charge < -0.3 is 9.88 Å². The van der Waals surface area contributed by atoms with Gasteiger partial charge in [0.2, 0.25) is 5.91 Å². The van der Waals surface area contributed by atoms with E-state index in [1.54, 1.807) is 0 Å². The van der Waals surface area contributed by atoms with E-state index in [0.717, 1.165) is 17.7 Å². The van der Waals surface area contributed by atoms with Crippen LogP contribution in [-0.2, 0) is 15.8 Å². The molecule has 1 amide bonds. The third-order valence-corrected chi connectivity index (χ3v) is 8.15. The van der Waals surface area contributed by atoms with Crippen LogP contribution in [-0.4, -0.2) is 12.1 Å². The van der Waals surface area contributed by atoms with E-state index >= 15 is 0 Å². The van der Waals surface area contributed by atoms with Crippen LogP contribution in [0, 0.1) is 13.8 Å². The number of aryl methyl sites for hydroxylation is 2. The average molecular weight is 391 g/mol. The largest absolute Gasteiger partial charge is 0.326 e. The molecule has 0 radical (unpaired) electrons. The van der Waals surface area contributed by atoms with Crippen molar-refractivity contribution in [2.24, 2.45) is 0 Å². The summed E-state index contributed by atoms with van der Waals surface area (Å²) < 4.78 is 14.0. The summed E-state index contributed by atoms with van der Waals surface area (Å²) in [4.78, 5) is 12.9. The highest BCUT2D eigenvalue weighted by molar-refractivity contribution is 7.79. The molecule has 4 heteroatoms. The Bertz CT molecular complexity index is 970. The van der Waals surface area contributed by atoms with Crippen molar-refractivity contribution < 1.29 is 9.36 Å². The van der Waals surface area contributed by atoms with Crippen molar-refractivity contribution in [1.82, 2.24) is 0 Å². The van der Waals surface area contributed by atoms with E-state index in [0.29, 0.717) is 10.6 Å². The maximum Gasteiger partial charge on any atom is 0.232 e. The molecule has 0 unspecified atom stereocenters. The quantitative estimate of drug-likeness (QED) is 0.613. The Labute approximate surface area is 167 Å². The van der Waals surface area contributed by atoms with E-state index in [1.165, 1.54) is 11.1 Å². The smallest absolute Gasteiger partial charge is 0.232 e. The summed E-state index contributed by atoms with van der Waals surface area (Å²) in [5.41, 5.74) is 4.37. The maximum absolute atomic E-state index is 14.0. The molecule has 0 aliphatic rings. The fourth-order valence-electron chi connectivity index (χ4n) is 3.44. The van der Waals surface area contributed by atoms with Gasteiger partial charge in [0, 0.05) is 16.3 Å². The highest BCUT2D eigenvalue weighted by Gasteiger charge is 2.30. The van der Waals surface area contributed by atoms with Crippen molar-refractivity contribution in [3.8, 4) is 0 Å². The summed E-state index contributed by atoms with van der Waals surface area (Å²) in [6, 6.07) is 22.6. The molecule has 1 N–H and O–H groups in total. The third-order valence-electron chi connectivity index (χ3n) is 5.15. The molecule has 0 saturated heterocycles. The van der Waals surface area contributed by atoms with Crippen molar-refractivity contribution in [2.75, 3.05) is 11.5 Å². The Morgan fingerprint density at radius 2 is 1.43 bits per heavy atom. The molecule has 3 nitrogen and oxygen atoms in total. The zero-order chi connectivity index (χ0) is 20.1. The molecule has 3 rings (SSSR count). The van der Waals surface area contributed by atoms with Gasteiger partial charge in [0.05, 0.1) is 6.16 Å². The predicted octanol–water partition coefficient (Wildman–Crippen LogP) is 4.82. The van der Waals surface area contributed by atoms with Gasteiger partial charge in [-0.05, 0) is 49.1 Å². The standard InChI is InChI=1S/C24H26NO2P/c1-4-20-16-21(15-18(2)19(20)3)25-24(26)17-28(27,22-11-7-5-8-12-22)23-13-9-6-10-14-23/h5-16H,4,17H2,1-3H3,(H,25,26). The number of anilines is 1. The van der Waals surface area contributed by atoms with Crippen LogP contribution < -0.4 is 15.9 Å². The lowest BCUT2D eigenvalue weighted by atomic mass is 10.0. The first-order valence-corrected chi connectivity index (χ1v) is 11.4. The zero-order valence-corrected chi connectivity index (χ0v) is 17.5. The monoisotopic (exact) mass is 391 g/mol. The number of amides is 1. The molecule has 0 bridgehead atoms. The van der Waals surface area contributed by atoms with Gasteiger partial charge in [0.1, 0.15) is 0 Å². The van der Waals surface area contributed by atoms with Gasteiger partial charge in [0.25, 0.3) is 0 Å². The summed E-state index contributed by atoms with van der Waals surface area (Å²) in [7, 11) is -3.07. The van der Waals surface area contributed by atoms with Gasteiger partial charge in [0.15, 0.2) is 7.14 Å². The van der Waals surface area contributed by atoms with Crippen LogP contribution in [0.3, 0.4) is 0 Å². The van der Waals surface area contributed by atoms with Crippen LogP contribution >= 0.6 is 7.14 Å². The van der Waals surface area contributed by atoms with E-state index in [4.69, 9.17) is 0 Å². The van der Waals surface area contributed by atoms with Crippen molar-refractivity contribution in [3.05, 3.63) is 89.5 Å². The highest BCUT2D eigenvalue weighted by Crippen LogP contribution is 2.43. The predicted molar refractivity (Wildman–Crippen MR) is 119 cm³/mol. The highest BCUT2D eigenvalue weighted by atomic mass is 31.2. The second kappa shape index (κ2) is 8.58. The van der Waals surface area contributed by atoms with Crippen molar-refractivity contribution in [3.63, 3.8) is 0 Å². The second-order valence-corrected chi connectivity index (χ2v) is 9.88. The van der Waals surface area contributed by atoms with Crippen LogP contribution in [0.25, 0.3) is 0 Å². The Morgan fingerprint density at radius 1 is 0.893 bits per heavy atom. The van der Waals surface area contributed by atoms with Crippen LogP contribution in [0.5, 0.6) is 0 Å². The Kier molecular flexibility index (Phi) is 6.16. The van der Waals surface area contributed by atoms with Crippen molar-refractivity contribution >= 4 is 29.3 Å². The Morgan fingerprint density at radius 3 is 1.93 bits per heavy atom. The molecular weight excluding hydrogens is 365 g/mol. The number of benzene rings is 3. The first kappa shape index (κ1) is 20.1. The van der Waals surface area contributed by atoms with E-state index in [9.17, 15) is 9.36 Å². The minimum absolute atomic E-state index is 0.0601. The molecule has 3 aromatic carbocycles. The van der Waals surface area contributed by atoms with Crippen molar-refractivity contribution in [2.45, 2.75) is 27.2 Å². The summed E-state index contributed by atoms with van der Waals surface area (Å²) >= 11 is 0. The average Bonchev–Trinajstić information content (AvgIpc) is 2.71. The van der Waals surface area contributed by atoms with E-state index in [1.807, 2.05) is 79.7 Å². The molecule has 0 aliphatic carbocycles. The minimum Gasteiger partial charge on any atom is -0.326 e. The normalized spacial score (nSPS) is 11.2. The number of hydrogen-bond donors (Lipinski definition) is 1. The summed E-state index contributed by atoms with van der Waals surface area (Å²) in [5.74, 6) is -0.235. The number of carbonyl (C=O) groups excluding carboxylic acids is 1. The van der Waals surface area contributed by atoms with Crippen LogP contribution in [0.4, 0.5) is 5.69 Å². The van der Waals surface area contributed by atoms with Gasteiger partial charge in [-0.3, -0.25) is 4.79 Å². The summed E-state index contributed by atoms with van der Waals surface area (Å²) in [6.45, 7) is 6.24.